The zero-order valence-corrected chi connectivity index (χ0v) is 8.38. The fourth-order valence-corrected chi connectivity index (χ4v) is 2.89. The van der Waals surface area contributed by atoms with Crippen LogP contribution in [0.4, 0.5) is 0 Å². The van der Waals surface area contributed by atoms with Gasteiger partial charge in [0, 0.05) is 23.1 Å². The summed E-state index contributed by atoms with van der Waals surface area (Å²) in [5, 5.41) is 0.109. The second-order valence-corrected chi connectivity index (χ2v) is 5.07. The Labute approximate surface area is 80.6 Å². The van der Waals surface area contributed by atoms with Gasteiger partial charge in [-0.3, -0.25) is 4.21 Å². The predicted octanol–water partition coefficient (Wildman–Crippen LogP) is 0.990. The summed E-state index contributed by atoms with van der Waals surface area (Å²) in [6.45, 7) is 0. The molecule has 0 saturated heterocycles. The van der Waals surface area contributed by atoms with Crippen molar-refractivity contribution in [3.8, 4) is 0 Å². The minimum Gasteiger partial charge on any atom is -0.323 e. The summed E-state index contributed by atoms with van der Waals surface area (Å²) in [7, 11) is -0.822. The zero-order valence-electron chi connectivity index (χ0n) is 7.57. The Morgan fingerprint density at radius 1 is 1.46 bits per heavy atom. The maximum Gasteiger partial charge on any atom is 0.0578 e. The molecule has 2 N–H and O–H groups in total. The Bertz CT molecular complexity index is 351. The fourth-order valence-electron chi connectivity index (χ4n) is 1.91. The number of hydrogen-bond acceptors (Lipinski definition) is 2. The Kier molecular flexibility index (Phi) is 2.22. The number of rotatable bonds is 1. The Hall–Kier alpha value is -0.670. The van der Waals surface area contributed by atoms with Crippen molar-refractivity contribution in [3.63, 3.8) is 0 Å². The van der Waals surface area contributed by atoms with E-state index < -0.39 is 10.8 Å². The minimum absolute atomic E-state index is 0.0398. The van der Waals surface area contributed by atoms with Crippen molar-refractivity contribution in [2.24, 2.45) is 5.73 Å². The van der Waals surface area contributed by atoms with Crippen LogP contribution < -0.4 is 5.73 Å². The van der Waals surface area contributed by atoms with Crippen LogP contribution in [-0.2, 0) is 17.2 Å². The Morgan fingerprint density at radius 2 is 2.15 bits per heavy atom. The summed E-state index contributed by atoms with van der Waals surface area (Å²) < 4.78 is 11.4. The molecule has 1 aliphatic carbocycles. The van der Waals surface area contributed by atoms with Gasteiger partial charge < -0.3 is 5.73 Å². The molecule has 3 unspecified atom stereocenters. The molecule has 0 heterocycles. The Morgan fingerprint density at radius 3 is 2.77 bits per heavy atom. The molecule has 1 aromatic rings. The van der Waals surface area contributed by atoms with Crippen LogP contribution in [0.3, 0.4) is 0 Å². The van der Waals surface area contributed by atoms with Gasteiger partial charge in [0.2, 0.25) is 0 Å². The standard InChI is InChI=1S/C10H13NOS/c1-13(12)9-6-7-4-2-3-5-8(7)10(9)11/h2-5,9-10H,6,11H2,1H3. The highest BCUT2D eigenvalue weighted by molar-refractivity contribution is 7.85. The average molecular weight is 195 g/mol. The van der Waals surface area contributed by atoms with E-state index in [9.17, 15) is 4.21 Å². The third kappa shape index (κ3) is 1.42. The molecule has 1 aliphatic rings. The van der Waals surface area contributed by atoms with Crippen LogP contribution in [0.15, 0.2) is 24.3 Å². The molecule has 0 aliphatic heterocycles. The highest BCUT2D eigenvalue weighted by atomic mass is 32.2. The first-order chi connectivity index (χ1) is 6.20. The molecular weight excluding hydrogens is 182 g/mol. The third-order valence-electron chi connectivity index (χ3n) is 2.66. The van der Waals surface area contributed by atoms with Crippen molar-refractivity contribution in [1.29, 1.82) is 0 Å². The van der Waals surface area contributed by atoms with E-state index in [2.05, 4.69) is 6.07 Å². The van der Waals surface area contributed by atoms with E-state index in [4.69, 9.17) is 5.73 Å². The first-order valence-corrected chi connectivity index (χ1v) is 5.98. The molecule has 70 valence electrons. The van der Waals surface area contributed by atoms with E-state index >= 15 is 0 Å². The van der Waals surface area contributed by atoms with E-state index in [1.807, 2.05) is 18.2 Å². The first-order valence-electron chi connectivity index (χ1n) is 4.36. The van der Waals surface area contributed by atoms with E-state index in [-0.39, 0.29) is 11.3 Å². The summed E-state index contributed by atoms with van der Waals surface area (Å²) >= 11 is 0. The molecule has 3 heteroatoms. The molecular formula is C10H13NOS. The minimum atomic E-state index is -0.822. The molecule has 0 spiro atoms. The van der Waals surface area contributed by atoms with Gasteiger partial charge in [-0.1, -0.05) is 24.3 Å². The van der Waals surface area contributed by atoms with E-state index in [1.54, 1.807) is 6.26 Å². The topological polar surface area (TPSA) is 43.1 Å². The summed E-state index contributed by atoms with van der Waals surface area (Å²) in [5.74, 6) is 0. The molecule has 2 rings (SSSR count). The number of benzene rings is 1. The molecule has 0 fully saturated rings. The van der Waals surface area contributed by atoms with E-state index in [0.717, 1.165) is 6.42 Å². The summed E-state index contributed by atoms with van der Waals surface area (Å²) in [5.41, 5.74) is 8.43. The van der Waals surface area contributed by atoms with Crippen molar-refractivity contribution in [3.05, 3.63) is 35.4 Å². The van der Waals surface area contributed by atoms with Gasteiger partial charge >= 0.3 is 0 Å². The summed E-state index contributed by atoms with van der Waals surface area (Å²) in [6.07, 6.45) is 2.59. The maximum absolute atomic E-state index is 11.4. The number of fused-ring (bicyclic) bond motifs is 1. The molecule has 0 radical (unpaired) electrons. The number of hydrogen-bond donors (Lipinski definition) is 1. The van der Waals surface area contributed by atoms with Gasteiger partial charge in [0.05, 0.1) is 5.25 Å². The van der Waals surface area contributed by atoms with Crippen molar-refractivity contribution >= 4 is 10.8 Å². The second kappa shape index (κ2) is 3.24. The van der Waals surface area contributed by atoms with E-state index in [0.29, 0.717) is 0 Å². The SMILES string of the molecule is CS(=O)C1Cc2ccccc2C1N. The predicted molar refractivity (Wildman–Crippen MR) is 54.9 cm³/mol. The largest absolute Gasteiger partial charge is 0.323 e. The molecule has 0 saturated carbocycles. The van der Waals surface area contributed by atoms with Crippen LogP contribution in [0.25, 0.3) is 0 Å². The molecule has 1 aromatic carbocycles. The van der Waals surface area contributed by atoms with Crippen molar-refractivity contribution in [2.75, 3.05) is 6.26 Å². The molecule has 2 nitrogen and oxygen atoms in total. The molecule has 0 amide bonds. The lowest BCUT2D eigenvalue weighted by Crippen LogP contribution is -2.25. The van der Waals surface area contributed by atoms with Crippen LogP contribution >= 0.6 is 0 Å². The average Bonchev–Trinajstić information content (AvgIpc) is 2.45. The van der Waals surface area contributed by atoms with Crippen LogP contribution in [0.1, 0.15) is 17.2 Å². The third-order valence-corrected chi connectivity index (χ3v) is 3.97. The maximum atomic E-state index is 11.4. The summed E-state index contributed by atoms with van der Waals surface area (Å²) in [4.78, 5) is 0. The van der Waals surface area contributed by atoms with Gasteiger partial charge in [-0.25, -0.2) is 0 Å². The lowest BCUT2D eigenvalue weighted by atomic mass is 10.1. The van der Waals surface area contributed by atoms with Gasteiger partial charge in [-0.2, -0.15) is 0 Å². The highest BCUT2D eigenvalue weighted by Gasteiger charge is 2.31. The van der Waals surface area contributed by atoms with Gasteiger partial charge in [-0.05, 0) is 17.5 Å². The second-order valence-electron chi connectivity index (χ2n) is 3.47. The van der Waals surface area contributed by atoms with Crippen molar-refractivity contribution in [1.82, 2.24) is 0 Å². The lowest BCUT2D eigenvalue weighted by Gasteiger charge is -2.12. The van der Waals surface area contributed by atoms with Gasteiger partial charge in [-0.15, -0.1) is 0 Å². The van der Waals surface area contributed by atoms with Crippen LogP contribution in [0.2, 0.25) is 0 Å². The normalized spacial score (nSPS) is 28.5. The lowest BCUT2D eigenvalue weighted by molar-refractivity contribution is 0.651. The van der Waals surface area contributed by atoms with E-state index in [1.165, 1.54) is 11.1 Å². The molecule has 0 bridgehead atoms. The monoisotopic (exact) mass is 195 g/mol. The summed E-state index contributed by atoms with van der Waals surface area (Å²) in [6, 6.07) is 8.06. The zero-order chi connectivity index (χ0) is 9.42. The highest BCUT2D eigenvalue weighted by Crippen LogP contribution is 2.31. The molecule has 0 aromatic heterocycles. The van der Waals surface area contributed by atoms with Crippen LogP contribution in [-0.4, -0.2) is 15.7 Å². The number of nitrogens with two attached hydrogens (primary N) is 1. The van der Waals surface area contributed by atoms with Gasteiger partial charge in [0.25, 0.3) is 0 Å². The van der Waals surface area contributed by atoms with Crippen LogP contribution in [0, 0.1) is 0 Å². The quantitative estimate of drug-likeness (QED) is 0.726. The molecule has 13 heavy (non-hydrogen) atoms. The van der Waals surface area contributed by atoms with Crippen LogP contribution in [0.5, 0.6) is 0 Å². The smallest absolute Gasteiger partial charge is 0.0578 e. The van der Waals surface area contributed by atoms with Gasteiger partial charge in [0.1, 0.15) is 0 Å². The Balaban J connectivity index is 2.38. The van der Waals surface area contributed by atoms with Gasteiger partial charge in [0.15, 0.2) is 0 Å². The first kappa shape index (κ1) is 8.91. The van der Waals surface area contributed by atoms with Crippen molar-refractivity contribution in [2.45, 2.75) is 17.7 Å². The van der Waals surface area contributed by atoms with Crippen molar-refractivity contribution < 1.29 is 4.21 Å². The fraction of sp³-hybridized carbons (Fsp3) is 0.400. The molecule has 3 atom stereocenters.